The molecule has 0 bridgehead atoms. The standard InChI is InChI=1S/C9H9NO3S2/c11-15(12,9-10-6-7-14-9)13-8-4-2-1-3-5-8/h1-5H,6-7H2. The van der Waals surface area contributed by atoms with Crippen molar-refractivity contribution in [1.29, 1.82) is 0 Å². The molecule has 1 aliphatic rings. The molecule has 2 rings (SSSR count). The Labute approximate surface area is 92.5 Å². The molecule has 80 valence electrons. The molecule has 0 aromatic heterocycles. The molecule has 0 amide bonds. The van der Waals surface area contributed by atoms with Crippen molar-refractivity contribution < 1.29 is 12.6 Å². The van der Waals surface area contributed by atoms with Gasteiger partial charge in [0.05, 0.1) is 6.54 Å². The monoisotopic (exact) mass is 243 g/mol. The number of para-hydroxylation sites is 1. The van der Waals surface area contributed by atoms with Gasteiger partial charge in [0.25, 0.3) is 0 Å². The van der Waals surface area contributed by atoms with Crippen LogP contribution in [0.2, 0.25) is 0 Å². The van der Waals surface area contributed by atoms with Crippen LogP contribution in [0.25, 0.3) is 0 Å². The average molecular weight is 243 g/mol. The largest absolute Gasteiger partial charge is 0.378 e. The fraction of sp³-hybridized carbons (Fsp3) is 0.222. The second kappa shape index (κ2) is 4.24. The molecule has 0 aliphatic carbocycles. The molecular weight excluding hydrogens is 234 g/mol. The van der Waals surface area contributed by atoms with E-state index < -0.39 is 10.1 Å². The second-order valence-corrected chi connectivity index (χ2v) is 5.65. The lowest BCUT2D eigenvalue weighted by Crippen LogP contribution is -2.16. The second-order valence-electron chi connectivity index (χ2n) is 2.85. The molecule has 4 nitrogen and oxygen atoms in total. The van der Waals surface area contributed by atoms with Gasteiger partial charge in [0.1, 0.15) is 5.75 Å². The fourth-order valence-electron chi connectivity index (χ4n) is 1.11. The normalized spacial score (nSPS) is 16.1. The fourth-order valence-corrected chi connectivity index (χ4v) is 3.26. The van der Waals surface area contributed by atoms with E-state index in [2.05, 4.69) is 4.99 Å². The van der Waals surface area contributed by atoms with Crippen LogP contribution in [0.5, 0.6) is 5.75 Å². The van der Waals surface area contributed by atoms with E-state index in [9.17, 15) is 8.42 Å². The van der Waals surface area contributed by atoms with E-state index in [0.29, 0.717) is 18.0 Å². The molecule has 0 saturated carbocycles. The molecule has 1 heterocycles. The Morgan fingerprint density at radius 2 is 2.00 bits per heavy atom. The Hall–Kier alpha value is -1.01. The predicted octanol–water partition coefficient (Wildman–Crippen LogP) is 1.50. The van der Waals surface area contributed by atoms with Crippen LogP contribution in [-0.2, 0) is 10.1 Å². The third kappa shape index (κ3) is 2.51. The number of benzene rings is 1. The van der Waals surface area contributed by atoms with Gasteiger partial charge in [0.15, 0.2) is 0 Å². The summed E-state index contributed by atoms with van der Waals surface area (Å²) in [4.78, 5) is 3.87. The minimum absolute atomic E-state index is 0.0753. The van der Waals surface area contributed by atoms with Gasteiger partial charge in [0, 0.05) is 5.75 Å². The highest BCUT2D eigenvalue weighted by atomic mass is 32.3. The number of rotatable bonds is 2. The summed E-state index contributed by atoms with van der Waals surface area (Å²) >= 11 is 1.21. The van der Waals surface area contributed by atoms with E-state index in [-0.39, 0.29) is 4.38 Å². The van der Waals surface area contributed by atoms with Gasteiger partial charge in [0.2, 0.25) is 4.38 Å². The van der Waals surface area contributed by atoms with Crippen molar-refractivity contribution in [3.05, 3.63) is 30.3 Å². The summed E-state index contributed by atoms with van der Waals surface area (Å²) in [5, 5.41) is 0. The quantitative estimate of drug-likeness (QED) is 0.739. The van der Waals surface area contributed by atoms with Crippen LogP contribution in [-0.4, -0.2) is 25.1 Å². The van der Waals surface area contributed by atoms with E-state index in [0.717, 1.165) is 0 Å². The molecule has 0 fully saturated rings. The Morgan fingerprint density at radius 1 is 1.27 bits per heavy atom. The van der Waals surface area contributed by atoms with Crippen LogP contribution in [0.3, 0.4) is 0 Å². The third-order valence-electron chi connectivity index (χ3n) is 1.72. The maximum Gasteiger partial charge on any atom is 0.362 e. The third-order valence-corrected chi connectivity index (χ3v) is 4.42. The lowest BCUT2D eigenvalue weighted by atomic mass is 10.3. The van der Waals surface area contributed by atoms with E-state index in [1.54, 1.807) is 30.3 Å². The smallest absolute Gasteiger partial charge is 0.362 e. The van der Waals surface area contributed by atoms with E-state index in [1.807, 2.05) is 0 Å². The maximum absolute atomic E-state index is 11.6. The summed E-state index contributed by atoms with van der Waals surface area (Å²) in [6.07, 6.45) is 0. The first-order valence-electron chi connectivity index (χ1n) is 4.35. The van der Waals surface area contributed by atoms with E-state index in [1.165, 1.54) is 11.8 Å². The molecule has 0 atom stereocenters. The minimum atomic E-state index is -3.70. The van der Waals surface area contributed by atoms with E-state index in [4.69, 9.17) is 4.18 Å². The van der Waals surface area contributed by atoms with Crippen molar-refractivity contribution in [1.82, 2.24) is 0 Å². The zero-order chi connectivity index (χ0) is 10.7. The lowest BCUT2D eigenvalue weighted by Gasteiger charge is -2.04. The van der Waals surface area contributed by atoms with Gasteiger partial charge >= 0.3 is 10.1 Å². The summed E-state index contributed by atoms with van der Waals surface area (Å²) in [6, 6.07) is 8.42. The number of thioether (sulfide) groups is 1. The molecule has 1 aliphatic heterocycles. The van der Waals surface area contributed by atoms with Crippen LogP contribution in [0.4, 0.5) is 0 Å². The van der Waals surface area contributed by atoms with Crippen LogP contribution in [0.15, 0.2) is 35.3 Å². The zero-order valence-electron chi connectivity index (χ0n) is 7.79. The number of nitrogens with zero attached hydrogens (tertiary/aromatic N) is 1. The van der Waals surface area contributed by atoms with Crippen molar-refractivity contribution in [2.24, 2.45) is 4.99 Å². The van der Waals surface area contributed by atoms with Crippen molar-refractivity contribution in [2.75, 3.05) is 12.3 Å². The summed E-state index contributed by atoms with van der Waals surface area (Å²) in [7, 11) is -3.70. The van der Waals surface area contributed by atoms with Crippen LogP contribution in [0.1, 0.15) is 0 Å². The van der Waals surface area contributed by atoms with Gasteiger partial charge in [-0.15, -0.1) is 0 Å². The molecule has 0 N–H and O–H groups in total. The molecule has 0 radical (unpaired) electrons. The molecule has 6 heteroatoms. The summed E-state index contributed by atoms with van der Waals surface area (Å²) in [5.74, 6) is 1.01. The Kier molecular flexibility index (Phi) is 2.97. The highest BCUT2D eigenvalue weighted by molar-refractivity contribution is 8.34. The van der Waals surface area contributed by atoms with Crippen molar-refractivity contribution in [2.45, 2.75) is 0 Å². The zero-order valence-corrected chi connectivity index (χ0v) is 9.42. The van der Waals surface area contributed by atoms with Gasteiger partial charge < -0.3 is 4.18 Å². The molecule has 15 heavy (non-hydrogen) atoms. The SMILES string of the molecule is O=S(=O)(Oc1ccccc1)C1=NCCS1. The number of hydrogen-bond donors (Lipinski definition) is 0. The lowest BCUT2D eigenvalue weighted by molar-refractivity contribution is 0.501. The molecule has 0 spiro atoms. The Bertz CT molecular complexity index is 467. The number of hydrogen-bond acceptors (Lipinski definition) is 5. The van der Waals surface area contributed by atoms with Crippen LogP contribution in [0, 0.1) is 0 Å². The van der Waals surface area contributed by atoms with Gasteiger partial charge in [-0.05, 0) is 12.1 Å². The predicted molar refractivity (Wildman–Crippen MR) is 60.7 cm³/mol. The van der Waals surface area contributed by atoms with E-state index >= 15 is 0 Å². The summed E-state index contributed by atoms with van der Waals surface area (Å²) in [5.41, 5.74) is 0. The van der Waals surface area contributed by atoms with Gasteiger partial charge in [-0.25, -0.2) is 0 Å². The highest BCUT2D eigenvalue weighted by Crippen LogP contribution is 2.20. The highest BCUT2D eigenvalue weighted by Gasteiger charge is 2.25. The summed E-state index contributed by atoms with van der Waals surface area (Å²) < 4.78 is 28.2. The molecular formula is C9H9NO3S2. The van der Waals surface area contributed by atoms with Crippen molar-refractivity contribution in [3.8, 4) is 5.75 Å². The topological polar surface area (TPSA) is 55.7 Å². The van der Waals surface area contributed by atoms with Gasteiger partial charge in [-0.1, -0.05) is 30.0 Å². The molecule has 0 saturated heterocycles. The van der Waals surface area contributed by atoms with Crippen molar-refractivity contribution >= 4 is 26.3 Å². The molecule has 1 aromatic carbocycles. The van der Waals surface area contributed by atoms with Gasteiger partial charge in [-0.2, -0.15) is 8.42 Å². The van der Waals surface area contributed by atoms with Crippen LogP contribution < -0.4 is 4.18 Å². The first-order valence-corrected chi connectivity index (χ1v) is 6.75. The first-order chi connectivity index (χ1) is 7.18. The number of aliphatic imine (C=N–C) groups is 1. The van der Waals surface area contributed by atoms with Crippen molar-refractivity contribution in [3.63, 3.8) is 0 Å². The Balaban J connectivity index is 2.18. The first kappa shape index (κ1) is 10.5. The van der Waals surface area contributed by atoms with Gasteiger partial charge in [-0.3, -0.25) is 4.99 Å². The van der Waals surface area contributed by atoms with Crippen LogP contribution >= 0.6 is 11.8 Å². The maximum atomic E-state index is 11.6. The Morgan fingerprint density at radius 3 is 2.60 bits per heavy atom. The average Bonchev–Trinajstić information content (AvgIpc) is 2.71. The molecule has 0 unspecified atom stereocenters. The summed E-state index contributed by atoms with van der Waals surface area (Å²) in [6.45, 7) is 0.539. The molecule has 1 aromatic rings. The minimum Gasteiger partial charge on any atom is -0.378 e.